The fourth-order valence-corrected chi connectivity index (χ4v) is 6.29. The average Bonchev–Trinajstić information content (AvgIpc) is 2.55. The molecule has 0 unspecified atom stereocenters. The lowest BCUT2D eigenvalue weighted by molar-refractivity contribution is -0.116. The number of urea groups is 1. The molecule has 0 aliphatic heterocycles. The second-order valence-electron chi connectivity index (χ2n) is 8.84. The molecular formula is C21H28BrN3O2. The number of carbonyl (C=O) groups excluding carboxylic acids is 2. The van der Waals surface area contributed by atoms with E-state index in [4.69, 9.17) is 0 Å². The number of aryl methyl sites for hydroxylation is 1. The van der Waals surface area contributed by atoms with Gasteiger partial charge < -0.3 is 16.0 Å². The number of benzene rings is 1. The molecule has 5 nitrogen and oxygen atoms in total. The molecule has 146 valence electrons. The van der Waals surface area contributed by atoms with Crippen LogP contribution in [0.5, 0.6) is 0 Å². The largest absolute Gasteiger partial charge is 0.338 e. The van der Waals surface area contributed by atoms with Gasteiger partial charge in [-0.25, -0.2) is 4.79 Å². The van der Waals surface area contributed by atoms with Crippen LogP contribution in [0.2, 0.25) is 0 Å². The molecule has 4 fully saturated rings. The van der Waals surface area contributed by atoms with Gasteiger partial charge in [-0.15, -0.1) is 0 Å². The van der Waals surface area contributed by atoms with Gasteiger partial charge in [0.1, 0.15) is 0 Å². The summed E-state index contributed by atoms with van der Waals surface area (Å²) >= 11 is 3.42. The lowest BCUT2D eigenvalue weighted by Crippen LogP contribution is -2.61. The summed E-state index contributed by atoms with van der Waals surface area (Å²) in [5.41, 5.74) is 1.82. The van der Waals surface area contributed by atoms with Crippen LogP contribution in [-0.2, 0) is 4.79 Å². The minimum absolute atomic E-state index is 0.00955. The standard InChI is InChI=1S/C21H28BrN3O2/c1-13-6-17(22)2-3-18(13)24-19(26)4-5-23-20(27)25-21-10-14-7-15(11-21)9-16(8-14)12-21/h2-3,6,14-16H,4-5,7-12H2,1H3,(H,24,26)(H2,23,25,27). The number of carbonyl (C=O) groups is 2. The summed E-state index contributed by atoms with van der Waals surface area (Å²) in [6, 6.07) is 5.63. The zero-order valence-corrected chi connectivity index (χ0v) is 17.4. The van der Waals surface area contributed by atoms with E-state index >= 15 is 0 Å². The number of halogens is 1. The molecule has 5 rings (SSSR count). The maximum atomic E-state index is 12.4. The minimum Gasteiger partial charge on any atom is -0.338 e. The molecule has 1 aromatic rings. The first-order valence-corrected chi connectivity index (χ1v) is 10.8. The Kier molecular flexibility index (Phi) is 5.19. The van der Waals surface area contributed by atoms with Crippen LogP contribution in [0.25, 0.3) is 0 Å². The normalized spacial score (nSPS) is 30.8. The van der Waals surface area contributed by atoms with E-state index in [-0.39, 0.29) is 23.9 Å². The Labute approximate surface area is 169 Å². The molecule has 0 aromatic heterocycles. The van der Waals surface area contributed by atoms with Gasteiger partial charge in [0.2, 0.25) is 5.91 Å². The fourth-order valence-electron chi connectivity index (χ4n) is 5.82. The van der Waals surface area contributed by atoms with Crippen LogP contribution in [0, 0.1) is 24.7 Å². The monoisotopic (exact) mass is 433 g/mol. The zero-order valence-electron chi connectivity index (χ0n) is 15.8. The van der Waals surface area contributed by atoms with Crippen molar-refractivity contribution in [3.63, 3.8) is 0 Å². The van der Waals surface area contributed by atoms with E-state index in [1.54, 1.807) is 0 Å². The van der Waals surface area contributed by atoms with Gasteiger partial charge in [0, 0.05) is 28.7 Å². The van der Waals surface area contributed by atoms with Crippen LogP contribution in [0.1, 0.15) is 50.5 Å². The first-order chi connectivity index (χ1) is 12.9. The molecule has 4 aliphatic rings. The van der Waals surface area contributed by atoms with Crippen molar-refractivity contribution in [2.24, 2.45) is 17.8 Å². The van der Waals surface area contributed by atoms with Crippen LogP contribution >= 0.6 is 15.9 Å². The Bertz CT molecular complexity index is 714. The van der Waals surface area contributed by atoms with E-state index < -0.39 is 0 Å². The highest BCUT2D eigenvalue weighted by Crippen LogP contribution is 2.55. The second-order valence-corrected chi connectivity index (χ2v) is 9.75. The Morgan fingerprint density at radius 3 is 2.33 bits per heavy atom. The molecule has 0 radical (unpaired) electrons. The van der Waals surface area contributed by atoms with Crippen LogP contribution in [0.15, 0.2) is 22.7 Å². The van der Waals surface area contributed by atoms with Crippen LogP contribution in [0.3, 0.4) is 0 Å². The smallest absolute Gasteiger partial charge is 0.315 e. The maximum absolute atomic E-state index is 12.4. The topological polar surface area (TPSA) is 70.2 Å². The van der Waals surface area contributed by atoms with Crippen molar-refractivity contribution in [3.05, 3.63) is 28.2 Å². The Morgan fingerprint density at radius 1 is 1.11 bits per heavy atom. The molecule has 3 amide bonds. The Morgan fingerprint density at radius 2 is 1.74 bits per heavy atom. The molecule has 0 saturated heterocycles. The lowest BCUT2D eigenvalue weighted by atomic mass is 9.53. The van der Waals surface area contributed by atoms with Crippen molar-refractivity contribution in [2.75, 3.05) is 11.9 Å². The lowest BCUT2D eigenvalue weighted by Gasteiger charge is -2.56. The highest BCUT2D eigenvalue weighted by molar-refractivity contribution is 9.10. The minimum atomic E-state index is -0.121. The molecule has 0 spiro atoms. The maximum Gasteiger partial charge on any atom is 0.315 e. The van der Waals surface area contributed by atoms with Crippen molar-refractivity contribution < 1.29 is 9.59 Å². The van der Waals surface area contributed by atoms with Gasteiger partial charge in [0.25, 0.3) is 0 Å². The highest BCUT2D eigenvalue weighted by Gasteiger charge is 2.51. The van der Waals surface area contributed by atoms with Crippen molar-refractivity contribution in [3.8, 4) is 0 Å². The van der Waals surface area contributed by atoms with Crippen molar-refractivity contribution in [2.45, 2.75) is 57.4 Å². The molecule has 1 aromatic carbocycles. The first-order valence-electron chi connectivity index (χ1n) is 10.0. The summed E-state index contributed by atoms with van der Waals surface area (Å²) in [5.74, 6) is 2.32. The van der Waals surface area contributed by atoms with E-state index in [9.17, 15) is 9.59 Å². The summed E-state index contributed by atoms with van der Waals surface area (Å²) in [7, 11) is 0. The molecule has 4 aliphatic carbocycles. The molecule has 6 heteroatoms. The SMILES string of the molecule is Cc1cc(Br)ccc1NC(=O)CCNC(=O)NC12CC3CC(CC(C3)C1)C2. The van der Waals surface area contributed by atoms with Gasteiger partial charge in [-0.2, -0.15) is 0 Å². The van der Waals surface area contributed by atoms with Gasteiger partial charge in [-0.05, 0) is 87.0 Å². The Balaban J connectivity index is 1.22. The third kappa shape index (κ3) is 4.31. The third-order valence-corrected chi connectivity index (χ3v) is 7.01. The van der Waals surface area contributed by atoms with E-state index in [1.807, 2.05) is 25.1 Å². The van der Waals surface area contributed by atoms with Gasteiger partial charge in [-0.3, -0.25) is 4.79 Å². The number of amides is 3. The summed E-state index contributed by atoms with van der Waals surface area (Å²) in [6.07, 6.45) is 7.75. The summed E-state index contributed by atoms with van der Waals surface area (Å²) in [4.78, 5) is 24.5. The summed E-state index contributed by atoms with van der Waals surface area (Å²) in [5, 5.41) is 9.06. The van der Waals surface area contributed by atoms with Crippen molar-refractivity contribution >= 4 is 33.6 Å². The van der Waals surface area contributed by atoms with Crippen molar-refractivity contribution in [1.29, 1.82) is 0 Å². The molecular weight excluding hydrogens is 406 g/mol. The summed E-state index contributed by atoms with van der Waals surface area (Å²) < 4.78 is 0.987. The van der Waals surface area contributed by atoms with Crippen LogP contribution < -0.4 is 16.0 Å². The fraction of sp³-hybridized carbons (Fsp3) is 0.619. The van der Waals surface area contributed by atoms with Crippen LogP contribution in [0.4, 0.5) is 10.5 Å². The van der Waals surface area contributed by atoms with E-state index in [0.717, 1.165) is 52.7 Å². The quantitative estimate of drug-likeness (QED) is 0.645. The number of hydrogen-bond donors (Lipinski definition) is 3. The highest BCUT2D eigenvalue weighted by atomic mass is 79.9. The van der Waals surface area contributed by atoms with Gasteiger partial charge in [0.15, 0.2) is 0 Å². The van der Waals surface area contributed by atoms with Gasteiger partial charge in [0.05, 0.1) is 0 Å². The molecule has 0 atom stereocenters. The predicted molar refractivity (Wildman–Crippen MR) is 110 cm³/mol. The molecule has 4 bridgehead atoms. The van der Waals surface area contributed by atoms with E-state index in [1.165, 1.54) is 19.3 Å². The molecule has 4 saturated carbocycles. The number of anilines is 1. The van der Waals surface area contributed by atoms with Gasteiger partial charge >= 0.3 is 6.03 Å². The van der Waals surface area contributed by atoms with Crippen molar-refractivity contribution in [1.82, 2.24) is 10.6 Å². The number of nitrogens with one attached hydrogen (secondary N) is 3. The zero-order chi connectivity index (χ0) is 19.0. The second kappa shape index (κ2) is 7.46. The van der Waals surface area contributed by atoms with Gasteiger partial charge in [-0.1, -0.05) is 15.9 Å². The number of hydrogen-bond acceptors (Lipinski definition) is 2. The van der Waals surface area contributed by atoms with E-state index in [0.29, 0.717) is 6.54 Å². The Hall–Kier alpha value is -1.56. The molecule has 3 N–H and O–H groups in total. The predicted octanol–water partition coefficient (Wildman–Crippen LogP) is 4.35. The third-order valence-electron chi connectivity index (χ3n) is 6.52. The first kappa shape index (κ1) is 18.8. The molecule has 27 heavy (non-hydrogen) atoms. The van der Waals surface area contributed by atoms with E-state index in [2.05, 4.69) is 31.9 Å². The average molecular weight is 434 g/mol. The number of rotatable bonds is 5. The summed E-state index contributed by atoms with van der Waals surface area (Å²) in [6.45, 7) is 2.30. The molecule has 0 heterocycles. The van der Waals surface area contributed by atoms with Crippen LogP contribution in [-0.4, -0.2) is 24.0 Å².